The van der Waals surface area contributed by atoms with E-state index in [1.54, 1.807) is 12.1 Å². The third-order valence-electron chi connectivity index (χ3n) is 2.81. The first-order valence-electron chi connectivity index (χ1n) is 6.47. The molecule has 0 heterocycles. The summed E-state index contributed by atoms with van der Waals surface area (Å²) in [5.74, 6) is -0.155. The van der Waals surface area contributed by atoms with Crippen LogP contribution in [0.15, 0.2) is 29.2 Å². The molecule has 1 aromatic rings. The number of hydrogen-bond donors (Lipinski definition) is 4. The van der Waals surface area contributed by atoms with Gasteiger partial charge in [-0.1, -0.05) is 17.7 Å². The van der Waals surface area contributed by atoms with Gasteiger partial charge in [0.25, 0.3) is 0 Å². The molecule has 116 valence electrons. The van der Waals surface area contributed by atoms with Crippen molar-refractivity contribution in [1.82, 2.24) is 10.0 Å². The minimum atomic E-state index is -3.71. The zero-order valence-electron chi connectivity index (χ0n) is 11.8. The van der Waals surface area contributed by atoms with E-state index >= 15 is 0 Å². The highest BCUT2D eigenvalue weighted by atomic mass is 32.2. The Bertz CT molecular complexity index is 584. The Morgan fingerprint density at radius 2 is 2.00 bits per heavy atom. The molecule has 5 N–H and O–H groups in total. The summed E-state index contributed by atoms with van der Waals surface area (Å²) in [4.78, 5) is 11.1. The zero-order chi connectivity index (χ0) is 15.9. The van der Waals surface area contributed by atoms with Gasteiger partial charge in [-0.05, 0) is 31.9 Å². The van der Waals surface area contributed by atoms with Crippen molar-refractivity contribution in [3.8, 4) is 0 Å². The van der Waals surface area contributed by atoms with Crippen LogP contribution < -0.4 is 15.8 Å². The highest BCUT2D eigenvalue weighted by Gasteiger charge is 2.19. The summed E-state index contributed by atoms with van der Waals surface area (Å²) in [7, 11) is -3.71. The maximum atomic E-state index is 12.1. The summed E-state index contributed by atoms with van der Waals surface area (Å²) >= 11 is 0. The Morgan fingerprint density at radius 1 is 1.38 bits per heavy atom. The van der Waals surface area contributed by atoms with Gasteiger partial charge in [0.2, 0.25) is 10.0 Å². The monoisotopic (exact) mass is 312 g/mol. The number of aldehydes is 1. The number of rotatable bonds is 8. The molecular formula is C13H20N4O3S. The molecule has 8 heteroatoms. The van der Waals surface area contributed by atoms with Crippen molar-refractivity contribution in [2.24, 2.45) is 5.73 Å². The van der Waals surface area contributed by atoms with Crippen molar-refractivity contribution >= 4 is 22.3 Å². The van der Waals surface area contributed by atoms with Crippen molar-refractivity contribution in [3.05, 3.63) is 29.8 Å². The summed E-state index contributed by atoms with van der Waals surface area (Å²) in [6, 6.07) is 5.58. The predicted molar refractivity (Wildman–Crippen MR) is 80.5 cm³/mol. The van der Waals surface area contributed by atoms with Gasteiger partial charge >= 0.3 is 0 Å². The predicted octanol–water partition coefficient (Wildman–Crippen LogP) is 0.104. The van der Waals surface area contributed by atoms with E-state index in [2.05, 4.69) is 10.0 Å². The van der Waals surface area contributed by atoms with E-state index in [1.807, 2.05) is 6.92 Å². The molecule has 0 fully saturated rings. The number of benzene rings is 1. The summed E-state index contributed by atoms with van der Waals surface area (Å²) in [6.45, 7) is 2.27. The Kier molecular flexibility index (Phi) is 6.32. The topological polar surface area (TPSA) is 125 Å². The number of nitrogens with two attached hydrogens (primary N) is 1. The second-order valence-electron chi connectivity index (χ2n) is 4.66. The fourth-order valence-corrected chi connectivity index (χ4v) is 2.89. The normalized spacial score (nSPS) is 12.6. The molecule has 0 aliphatic heterocycles. The number of carbonyl (C=O) groups is 1. The second-order valence-corrected chi connectivity index (χ2v) is 6.37. The quantitative estimate of drug-likeness (QED) is 0.234. The van der Waals surface area contributed by atoms with Crippen molar-refractivity contribution in [2.75, 3.05) is 6.54 Å². The first-order valence-corrected chi connectivity index (χ1v) is 7.95. The van der Waals surface area contributed by atoms with Crippen LogP contribution in [0, 0.1) is 12.3 Å². The van der Waals surface area contributed by atoms with Gasteiger partial charge in [0.1, 0.15) is 6.29 Å². The fraction of sp³-hybridized carbons (Fsp3) is 0.385. The number of hydrogen-bond acceptors (Lipinski definition) is 4. The number of guanidine groups is 1. The SMILES string of the molecule is Cc1ccc(S(=O)(=O)NC(C=O)CCCNC(=N)N)cc1. The van der Waals surface area contributed by atoms with Crippen molar-refractivity contribution in [2.45, 2.75) is 30.7 Å². The second kappa shape index (κ2) is 7.75. The number of aryl methyl sites for hydroxylation is 1. The van der Waals surface area contributed by atoms with Crippen LogP contribution in [0.3, 0.4) is 0 Å². The molecule has 21 heavy (non-hydrogen) atoms. The van der Waals surface area contributed by atoms with Gasteiger partial charge < -0.3 is 15.8 Å². The van der Waals surface area contributed by atoms with Crippen LogP contribution >= 0.6 is 0 Å². The first kappa shape index (κ1) is 17.1. The van der Waals surface area contributed by atoms with Crippen LogP contribution in [-0.2, 0) is 14.8 Å². The van der Waals surface area contributed by atoms with E-state index in [4.69, 9.17) is 11.1 Å². The highest BCUT2D eigenvalue weighted by Crippen LogP contribution is 2.11. The molecule has 0 saturated carbocycles. The fourth-order valence-electron chi connectivity index (χ4n) is 1.68. The lowest BCUT2D eigenvalue weighted by atomic mass is 10.2. The number of carbonyl (C=O) groups excluding carboxylic acids is 1. The molecule has 7 nitrogen and oxygen atoms in total. The van der Waals surface area contributed by atoms with Crippen LogP contribution in [-0.4, -0.2) is 33.3 Å². The zero-order valence-corrected chi connectivity index (χ0v) is 12.6. The molecule has 0 radical (unpaired) electrons. The van der Waals surface area contributed by atoms with Gasteiger partial charge in [-0.2, -0.15) is 0 Å². The molecule has 1 unspecified atom stereocenters. The van der Waals surface area contributed by atoms with Crippen LogP contribution in [0.1, 0.15) is 18.4 Å². The smallest absolute Gasteiger partial charge is 0.241 e. The maximum Gasteiger partial charge on any atom is 0.241 e. The number of nitrogens with one attached hydrogen (secondary N) is 3. The lowest BCUT2D eigenvalue weighted by molar-refractivity contribution is -0.109. The molecule has 0 aromatic heterocycles. The van der Waals surface area contributed by atoms with Crippen molar-refractivity contribution in [1.29, 1.82) is 5.41 Å². The highest BCUT2D eigenvalue weighted by molar-refractivity contribution is 7.89. The molecule has 0 aliphatic carbocycles. The van der Waals surface area contributed by atoms with E-state index in [0.717, 1.165) is 5.56 Å². The molecule has 0 amide bonds. The Morgan fingerprint density at radius 3 is 2.52 bits per heavy atom. The van der Waals surface area contributed by atoms with E-state index in [9.17, 15) is 13.2 Å². The van der Waals surface area contributed by atoms with E-state index in [0.29, 0.717) is 25.7 Å². The van der Waals surface area contributed by atoms with Crippen LogP contribution in [0.4, 0.5) is 0 Å². The lowest BCUT2D eigenvalue weighted by Gasteiger charge is -2.13. The molecule has 1 rings (SSSR count). The summed E-state index contributed by atoms with van der Waals surface area (Å²) in [6.07, 6.45) is 1.41. The van der Waals surface area contributed by atoms with Crippen molar-refractivity contribution < 1.29 is 13.2 Å². The first-order chi connectivity index (χ1) is 9.85. The van der Waals surface area contributed by atoms with E-state index in [-0.39, 0.29) is 10.9 Å². The van der Waals surface area contributed by atoms with E-state index < -0.39 is 16.1 Å². The third kappa shape index (κ3) is 5.92. The summed E-state index contributed by atoms with van der Waals surface area (Å²) in [5, 5.41) is 9.58. The largest absolute Gasteiger partial charge is 0.370 e. The van der Waals surface area contributed by atoms with Crippen molar-refractivity contribution in [3.63, 3.8) is 0 Å². The Balaban J connectivity index is 2.60. The molecule has 1 atom stereocenters. The minimum absolute atomic E-state index is 0.127. The maximum absolute atomic E-state index is 12.1. The molecule has 1 aromatic carbocycles. The van der Waals surface area contributed by atoms with Gasteiger partial charge in [0.15, 0.2) is 5.96 Å². The lowest BCUT2D eigenvalue weighted by Crippen LogP contribution is -2.37. The average Bonchev–Trinajstić information content (AvgIpc) is 2.42. The van der Waals surface area contributed by atoms with Gasteiger partial charge in [-0.25, -0.2) is 13.1 Å². The summed E-state index contributed by atoms with van der Waals surface area (Å²) in [5.41, 5.74) is 6.08. The van der Waals surface area contributed by atoms with Crippen LogP contribution in [0.25, 0.3) is 0 Å². The summed E-state index contributed by atoms with van der Waals surface area (Å²) < 4.78 is 26.6. The van der Waals surface area contributed by atoms with Crippen LogP contribution in [0.5, 0.6) is 0 Å². The van der Waals surface area contributed by atoms with Crippen LogP contribution in [0.2, 0.25) is 0 Å². The molecular weight excluding hydrogens is 292 g/mol. The third-order valence-corrected chi connectivity index (χ3v) is 4.32. The molecule has 0 saturated heterocycles. The molecule has 0 spiro atoms. The standard InChI is InChI=1S/C13H20N4O3S/c1-10-4-6-12(7-5-10)21(19,20)17-11(9-18)3-2-8-16-13(14)15/h4-7,9,11,17H,2-3,8H2,1H3,(H4,14,15,16). The average molecular weight is 312 g/mol. The molecule has 0 bridgehead atoms. The number of sulfonamides is 1. The Hall–Kier alpha value is -1.93. The van der Waals surface area contributed by atoms with Gasteiger partial charge in [0, 0.05) is 6.54 Å². The van der Waals surface area contributed by atoms with E-state index in [1.165, 1.54) is 12.1 Å². The molecule has 0 aliphatic rings. The Labute approximate surface area is 124 Å². The van der Waals surface area contributed by atoms with Gasteiger partial charge in [-0.15, -0.1) is 0 Å². The minimum Gasteiger partial charge on any atom is -0.370 e. The van der Waals surface area contributed by atoms with Gasteiger partial charge in [0.05, 0.1) is 10.9 Å². The van der Waals surface area contributed by atoms with Gasteiger partial charge in [-0.3, -0.25) is 5.41 Å².